The monoisotopic (exact) mass is 268 g/mol. The van der Waals surface area contributed by atoms with Gasteiger partial charge in [-0.3, -0.25) is 4.79 Å². The van der Waals surface area contributed by atoms with Crippen molar-refractivity contribution in [2.45, 2.75) is 53.0 Å². The molecule has 0 saturated carbocycles. The molecule has 1 rings (SSSR count). The first-order valence-corrected chi connectivity index (χ1v) is 7.49. The molecule has 4 heteroatoms. The van der Waals surface area contributed by atoms with Gasteiger partial charge >= 0.3 is 0 Å². The van der Waals surface area contributed by atoms with Gasteiger partial charge in [-0.2, -0.15) is 0 Å². The summed E-state index contributed by atoms with van der Waals surface area (Å²) in [5.74, 6) is 0.127. The lowest BCUT2D eigenvalue weighted by Gasteiger charge is -2.28. The molecule has 1 aromatic heterocycles. The molecule has 3 nitrogen and oxygen atoms in total. The number of hydrogen-bond donors (Lipinski definition) is 1. The normalized spacial score (nSPS) is 12.4. The number of thiophene rings is 1. The lowest BCUT2D eigenvalue weighted by Crippen LogP contribution is -2.38. The minimum atomic E-state index is 0.127. The van der Waals surface area contributed by atoms with Gasteiger partial charge in [0.05, 0.1) is 4.88 Å². The molecule has 0 aromatic carbocycles. The summed E-state index contributed by atoms with van der Waals surface area (Å²) in [6.45, 7) is 9.16. The van der Waals surface area contributed by atoms with E-state index in [9.17, 15) is 4.79 Å². The van der Waals surface area contributed by atoms with Gasteiger partial charge in [-0.1, -0.05) is 20.3 Å². The van der Waals surface area contributed by atoms with E-state index in [-0.39, 0.29) is 11.9 Å². The topological polar surface area (TPSA) is 46.3 Å². The number of aryl methyl sites for hydroxylation is 1. The minimum absolute atomic E-state index is 0.127. The summed E-state index contributed by atoms with van der Waals surface area (Å²) in [6, 6.07) is 2.09. The zero-order chi connectivity index (χ0) is 13.7. The van der Waals surface area contributed by atoms with E-state index in [1.807, 2.05) is 17.9 Å². The SMILES string of the molecule is CCCCN(C(=O)c1cc(N)c(C)s1)C(C)CC. The maximum absolute atomic E-state index is 12.5. The molecule has 0 fully saturated rings. The number of carbonyl (C=O) groups excluding carboxylic acids is 1. The van der Waals surface area contributed by atoms with Gasteiger partial charge in [0.2, 0.25) is 0 Å². The molecule has 2 N–H and O–H groups in total. The Bertz CT molecular complexity index is 381. The van der Waals surface area contributed by atoms with Crippen molar-refractivity contribution in [1.82, 2.24) is 4.90 Å². The van der Waals surface area contributed by atoms with Crippen molar-refractivity contribution in [1.29, 1.82) is 0 Å². The van der Waals surface area contributed by atoms with Crippen LogP contribution in [0.2, 0.25) is 0 Å². The van der Waals surface area contributed by atoms with Gasteiger partial charge < -0.3 is 10.6 Å². The van der Waals surface area contributed by atoms with Gasteiger partial charge in [0.25, 0.3) is 5.91 Å². The standard InChI is InChI=1S/C14H24N2OS/c1-5-7-8-16(10(3)6-2)14(17)13-9-12(15)11(4)18-13/h9-10H,5-8,15H2,1-4H3. The summed E-state index contributed by atoms with van der Waals surface area (Å²) < 4.78 is 0. The van der Waals surface area contributed by atoms with E-state index in [4.69, 9.17) is 5.73 Å². The summed E-state index contributed by atoms with van der Waals surface area (Å²) in [5.41, 5.74) is 6.55. The van der Waals surface area contributed by atoms with Crippen LogP contribution in [-0.4, -0.2) is 23.4 Å². The van der Waals surface area contributed by atoms with Gasteiger partial charge in [-0.15, -0.1) is 11.3 Å². The molecule has 0 saturated heterocycles. The van der Waals surface area contributed by atoms with E-state index in [1.54, 1.807) is 0 Å². The number of amides is 1. The van der Waals surface area contributed by atoms with E-state index in [2.05, 4.69) is 20.8 Å². The van der Waals surface area contributed by atoms with E-state index in [1.165, 1.54) is 11.3 Å². The van der Waals surface area contributed by atoms with E-state index >= 15 is 0 Å². The number of nitrogen functional groups attached to an aromatic ring is 1. The van der Waals surface area contributed by atoms with Crippen LogP contribution in [0.4, 0.5) is 5.69 Å². The fraction of sp³-hybridized carbons (Fsp3) is 0.643. The highest BCUT2D eigenvalue weighted by molar-refractivity contribution is 7.14. The number of anilines is 1. The van der Waals surface area contributed by atoms with Gasteiger partial charge in [0.15, 0.2) is 0 Å². The molecule has 1 aromatic rings. The maximum atomic E-state index is 12.5. The minimum Gasteiger partial charge on any atom is -0.398 e. The summed E-state index contributed by atoms with van der Waals surface area (Å²) >= 11 is 1.50. The van der Waals surface area contributed by atoms with Crippen LogP contribution in [0.5, 0.6) is 0 Å². The molecule has 1 unspecified atom stereocenters. The Morgan fingerprint density at radius 2 is 2.17 bits per heavy atom. The van der Waals surface area contributed by atoms with Crippen molar-refractivity contribution in [2.24, 2.45) is 0 Å². The summed E-state index contributed by atoms with van der Waals surface area (Å²) in [4.78, 5) is 16.3. The highest BCUT2D eigenvalue weighted by atomic mass is 32.1. The van der Waals surface area contributed by atoms with Crippen molar-refractivity contribution in [3.05, 3.63) is 15.8 Å². The zero-order valence-electron chi connectivity index (χ0n) is 11.8. The Hall–Kier alpha value is -1.03. The van der Waals surface area contributed by atoms with Crippen LogP contribution in [0.3, 0.4) is 0 Å². The van der Waals surface area contributed by atoms with Gasteiger partial charge in [0, 0.05) is 23.2 Å². The summed E-state index contributed by atoms with van der Waals surface area (Å²) in [6.07, 6.45) is 3.14. The molecule has 0 bridgehead atoms. The largest absolute Gasteiger partial charge is 0.398 e. The summed E-state index contributed by atoms with van der Waals surface area (Å²) in [5, 5.41) is 0. The third kappa shape index (κ3) is 3.48. The van der Waals surface area contributed by atoms with E-state index in [0.29, 0.717) is 0 Å². The van der Waals surface area contributed by atoms with Crippen molar-refractivity contribution in [3.8, 4) is 0 Å². The van der Waals surface area contributed by atoms with E-state index < -0.39 is 0 Å². The number of hydrogen-bond acceptors (Lipinski definition) is 3. The molecule has 1 heterocycles. The predicted octanol–water partition coefficient (Wildman–Crippen LogP) is 3.68. The molecule has 0 spiro atoms. The highest BCUT2D eigenvalue weighted by Crippen LogP contribution is 2.25. The molecule has 18 heavy (non-hydrogen) atoms. The molecule has 1 atom stereocenters. The fourth-order valence-corrected chi connectivity index (χ4v) is 2.71. The average molecular weight is 268 g/mol. The van der Waals surface area contributed by atoms with Crippen molar-refractivity contribution >= 4 is 22.9 Å². The second-order valence-corrected chi connectivity index (χ2v) is 5.99. The van der Waals surface area contributed by atoms with Crippen LogP contribution in [0.1, 0.15) is 54.6 Å². The van der Waals surface area contributed by atoms with Gasteiger partial charge in [-0.25, -0.2) is 0 Å². The molecule has 1 amide bonds. The highest BCUT2D eigenvalue weighted by Gasteiger charge is 2.21. The second kappa shape index (κ2) is 6.78. The Labute approximate surface area is 114 Å². The lowest BCUT2D eigenvalue weighted by molar-refractivity contribution is 0.0690. The molecule has 0 aliphatic carbocycles. The molecule has 0 radical (unpaired) electrons. The van der Waals surface area contributed by atoms with Gasteiger partial charge in [-0.05, 0) is 32.8 Å². The Morgan fingerprint density at radius 3 is 2.61 bits per heavy atom. The first-order valence-electron chi connectivity index (χ1n) is 6.68. The Balaban J connectivity index is 2.87. The number of nitrogens with zero attached hydrogens (tertiary/aromatic N) is 1. The van der Waals surface area contributed by atoms with Crippen LogP contribution in [0, 0.1) is 6.92 Å². The van der Waals surface area contributed by atoms with Crippen LogP contribution >= 0.6 is 11.3 Å². The molecule has 0 aliphatic rings. The Kier molecular flexibility index (Phi) is 5.66. The second-order valence-electron chi connectivity index (χ2n) is 4.73. The maximum Gasteiger partial charge on any atom is 0.264 e. The zero-order valence-corrected chi connectivity index (χ0v) is 12.6. The van der Waals surface area contributed by atoms with Crippen molar-refractivity contribution in [2.75, 3.05) is 12.3 Å². The number of unbranched alkanes of at least 4 members (excludes halogenated alkanes) is 1. The van der Waals surface area contributed by atoms with Gasteiger partial charge in [0.1, 0.15) is 0 Å². The molecule has 102 valence electrons. The quantitative estimate of drug-likeness (QED) is 0.855. The van der Waals surface area contributed by atoms with Crippen LogP contribution in [0.25, 0.3) is 0 Å². The fourth-order valence-electron chi connectivity index (χ4n) is 1.81. The lowest BCUT2D eigenvalue weighted by atomic mass is 10.2. The molecular weight excluding hydrogens is 244 g/mol. The van der Waals surface area contributed by atoms with E-state index in [0.717, 1.165) is 41.2 Å². The predicted molar refractivity (Wildman–Crippen MR) is 79.2 cm³/mol. The average Bonchev–Trinajstić information content (AvgIpc) is 2.69. The third-order valence-corrected chi connectivity index (χ3v) is 4.36. The number of rotatable bonds is 6. The third-order valence-electron chi connectivity index (χ3n) is 3.30. The molecule has 0 aliphatic heterocycles. The smallest absolute Gasteiger partial charge is 0.264 e. The Morgan fingerprint density at radius 1 is 1.50 bits per heavy atom. The number of carbonyl (C=O) groups is 1. The first-order chi connectivity index (χ1) is 8.51. The van der Waals surface area contributed by atoms with Crippen LogP contribution in [-0.2, 0) is 0 Å². The van der Waals surface area contributed by atoms with Crippen LogP contribution in [0.15, 0.2) is 6.07 Å². The number of nitrogens with two attached hydrogens (primary N) is 1. The van der Waals surface area contributed by atoms with Crippen molar-refractivity contribution in [3.63, 3.8) is 0 Å². The van der Waals surface area contributed by atoms with Crippen LogP contribution < -0.4 is 5.73 Å². The summed E-state index contributed by atoms with van der Waals surface area (Å²) in [7, 11) is 0. The van der Waals surface area contributed by atoms with Crippen molar-refractivity contribution < 1.29 is 4.79 Å². The molecular formula is C14H24N2OS. The first kappa shape index (κ1) is 15.0.